The summed E-state index contributed by atoms with van der Waals surface area (Å²) in [5.41, 5.74) is 1.85. The van der Waals surface area contributed by atoms with Crippen LogP contribution in [0.2, 0.25) is 0 Å². The first kappa shape index (κ1) is 43.7. The van der Waals surface area contributed by atoms with E-state index in [2.05, 4.69) is 46.5 Å². The van der Waals surface area contributed by atoms with Crippen molar-refractivity contribution >= 4 is 30.3 Å². The Morgan fingerprint density at radius 2 is 1.12 bits per heavy atom. The van der Waals surface area contributed by atoms with Gasteiger partial charge in [-0.3, -0.25) is 5.10 Å². The van der Waals surface area contributed by atoms with E-state index in [-0.39, 0.29) is 17.5 Å². The Kier molecular flexibility index (Phi) is 18.3. The summed E-state index contributed by atoms with van der Waals surface area (Å²) in [6.07, 6.45) is 14.2. The summed E-state index contributed by atoms with van der Waals surface area (Å²) in [4.78, 5) is 44.1. The van der Waals surface area contributed by atoms with Gasteiger partial charge in [0.2, 0.25) is 0 Å². The average Bonchev–Trinajstić information content (AvgIpc) is 4.01. The summed E-state index contributed by atoms with van der Waals surface area (Å²) < 4.78 is 55.3. The maximum absolute atomic E-state index is 13.1. The van der Waals surface area contributed by atoms with E-state index >= 15 is 0 Å². The number of aromatic nitrogens is 9. The molecule has 6 aromatic rings. The van der Waals surface area contributed by atoms with Gasteiger partial charge >= 0.3 is 17.9 Å². The zero-order valence-electron chi connectivity index (χ0n) is 30.8. The molecule has 6 rings (SSSR count). The third-order valence-corrected chi connectivity index (χ3v) is 6.39. The van der Waals surface area contributed by atoms with Gasteiger partial charge in [0.1, 0.15) is 36.4 Å². The molecule has 0 unspecified atom stereocenters. The van der Waals surface area contributed by atoms with Crippen LogP contribution in [-0.2, 0) is 28.6 Å². The molecule has 1 N–H and O–H groups in total. The first-order valence-corrected chi connectivity index (χ1v) is 16.8. The highest BCUT2D eigenvalue weighted by Gasteiger charge is 2.06. The molecule has 0 saturated heterocycles. The van der Waals surface area contributed by atoms with Crippen LogP contribution in [0.5, 0.6) is 0 Å². The van der Waals surface area contributed by atoms with Crippen LogP contribution in [0.1, 0.15) is 20.8 Å². The lowest BCUT2D eigenvalue weighted by atomic mass is 10.2. The number of rotatable bonds is 10. The highest BCUT2D eigenvalue weighted by Crippen LogP contribution is 2.17. The number of esters is 3. The van der Waals surface area contributed by atoms with Gasteiger partial charge in [-0.1, -0.05) is 36.4 Å². The molecular weight excluding hydrogens is 747 g/mol. The molecule has 3 heterocycles. The van der Waals surface area contributed by atoms with Crippen LogP contribution in [0.4, 0.5) is 13.2 Å². The van der Waals surface area contributed by atoms with E-state index in [0.29, 0.717) is 54.0 Å². The number of hydrogen-bond acceptors (Lipinski definition) is 12. The average molecular weight is 784 g/mol. The molecule has 0 fully saturated rings. The molecule has 0 saturated carbocycles. The Balaban J connectivity index is 0.000000216. The molecule has 0 bridgehead atoms. The molecule has 3 aromatic heterocycles. The molecule has 18 heteroatoms. The van der Waals surface area contributed by atoms with E-state index in [1.165, 1.54) is 89.3 Å². The first-order valence-electron chi connectivity index (χ1n) is 16.8. The highest BCUT2D eigenvalue weighted by molar-refractivity contribution is 5.87. The Labute approximate surface area is 324 Å². The van der Waals surface area contributed by atoms with E-state index in [4.69, 9.17) is 9.47 Å². The number of carbonyl (C=O) groups excluding carboxylic acids is 3. The van der Waals surface area contributed by atoms with E-state index in [1.54, 1.807) is 63.1 Å². The zero-order valence-corrected chi connectivity index (χ0v) is 30.8. The maximum atomic E-state index is 13.1. The van der Waals surface area contributed by atoms with Crippen molar-refractivity contribution < 1.29 is 41.8 Å². The molecule has 57 heavy (non-hydrogen) atoms. The second-order valence-electron chi connectivity index (χ2n) is 10.5. The molecule has 0 amide bonds. The van der Waals surface area contributed by atoms with Gasteiger partial charge in [0.25, 0.3) is 0 Å². The first-order chi connectivity index (χ1) is 27.5. The minimum atomic E-state index is -0.595. The van der Waals surface area contributed by atoms with E-state index in [1.807, 2.05) is 0 Å². The van der Waals surface area contributed by atoms with Gasteiger partial charge in [-0.15, -0.1) is 16.6 Å². The number of nitrogens with zero attached hydrogens (tertiary/aromatic N) is 8. The summed E-state index contributed by atoms with van der Waals surface area (Å²) in [7, 11) is 0. The number of terminal acetylenes is 1. The fraction of sp³-hybridized carbons (Fsp3) is 0.154. The van der Waals surface area contributed by atoms with Crippen LogP contribution in [0, 0.1) is 29.8 Å². The van der Waals surface area contributed by atoms with Crippen molar-refractivity contribution in [2.75, 3.05) is 19.8 Å². The number of nitrogens with one attached hydrogen (secondary N) is 1. The molecule has 294 valence electrons. The Morgan fingerprint density at radius 1 is 0.684 bits per heavy atom. The van der Waals surface area contributed by atoms with Crippen molar-refractivity contribution in [1.29, 1.82) is 0 Å². The summed E-state index contributed by atoms with van der Waals surface area (Å²) in [6.45, 7) is 6.13. The second-order valence-corrected chi connectivity index (χ2v) is 10.5. The number of ether oxygens (including phenoxy) is 3. The minimum absolute atomic E-state index is 0.274. The fourth-order valence-electron chi connectivity index (χ4n) is 4.02. The lowest BCUT2D eigenvalue weighted by Gasteiger charge is -1.95. The van der Waals surface area contributed by atoms with Crippen LogP contribution < -0.4 is 0 Å². The van der Waals surface area contributed by atoms with Gasteiger partial charge < -0.3 is 14.2 Å². The number of benzene rings is 3. The third-order valence-electron chi connectivity index (χ3n) is 6.39. The zero-order chi connectivity index (χ0) is 41.4. The van der Waals surface area contributed by atoms with Crippen molar-refractivity contribution in [2.45, 2.75) is 20.8 Å². The normalized spacial score (nSPS) is 10.2. The Hall–Kier alpha value is -7.68. The lowest BCUT2D eigenvalue weighted by molar-refractivity contribution is -0.138. The molecule has 0 aliphatic heterocycles. The Bertz CT molecular complexity index is 2170. The van der Waals surface area contributed by atoms with Gasteiger partial charge in [0, 0.05) is 47.2 Å². The van der Waals surface area contributed by atoms with Crippen molar-refractivity contribution in [3.63, 3.8) is 0 Å². The van der Waals surface area contributed by atoms with Crippen molar-refractivity contribution in [2.24, 2.45) is 0 Å². The molecule has 15 nitrogen and oxygen atoms in total. The molecule has 0 aliphatic rings. The standard InChI is InChI=1S/2C13H12FN3O2.C8H6FN3.C5H6O2/c2*1-2-19-12(18)6-7-17-9-15-13(16-17)10-4-3-5-11(14)8-10;9-7-3-1-2-6(4-7)8-10-5-11-12-8;1-3-5(6)7-4-2/h2*3-9H,2H2,1H3;1-5H,(H,10,11,12);1H,4H2,2H3/b7-6+;7-6-;;. The van der Waals surface area contributed by atoms with Crippen LogP contribution in [0.15, 0.2) is 104 Å². The predicted octanol–water partition coefficient (Wildman–Crippen LogP) is 6.03. The third kappa shape index (κ3) is 16.1. The maximum Gasteiger partial charge on any atom is 0.384 e. The van der Waals surface area contributed by atoms with E-state index in [9.17, 15) is 27.6 Å². The van der Waals surface area contributed by atoms with Crippen molar-refractivity contribution in [3.05, 3.63) is 121 Å². The Morgan fingerprint density at radius 3 is 1.49 bits per heavy atom. The highest BCUT2D eigenvalue weighted by atomic mass is 19.1. The van der Waals surface area contributed by atoms with Crippen LogP contribution in [0.3, 0.4) is 0 Å². The minimum Gasteiger partial charge on any atom is -0.463 e. The van der Waals surface area contributed by atoms with Crippen LogP contribution in [-0.4, -0.2) is 82.4 Å². The number of halogens is 3. The monoisotopic (exact) mass is 783 g/mol. The number of aromatic amines is 1. The molecule has 3 aromatic carbocycles. The van der Waals surface area contributed by atoms with Gasteiger partial charge in [0.05, 0.1) is 19.8 Å². The molecule has 0 spiro atoms. The number of carbonyl (C=O) groups is 3. The van der Waals surface area contributed by atoms with E-state index in [0.717, 1.165) is 0 Å². The largest absolute Gasteiger partial charge is 0.463 e. The van der Waals surface area contributed by atoms with Crippen LogP contribution >= 0.6 is 0 Å². The number of hydrogen-bond donors (Lipinski definition) is 1. The summed E-state index contributed by atoms with van der Waals surface area (Å²) in [5, 5.41) is 14.5. The van der Waals surface area contributed by atoms with Crippen LogP contribution in [0.25, 0.3) is 46.6 Å². The van der Waals surface area contributed by atoms with E-state index < -0.39 is 17.9 Å². The lowest BCUT2D eigenvalue weighted by Crippen LogP contribution is -2.00. The number of H-pyrrole nitrogens is 1. The quantitative estimate of drug-likeness (QED) is 0.0561. The molecule has 0 aliphatic carbocycles. The smallest absolute Gasteiger partial charge is 0.384 e. The molecule has 0 atom stereocenters. The molecule has 0 radical (unpaired) electrons. The second kappa shape index (κ2) is 23.9. The van der Waals surface area contributed by atoms with Crippen molar-refractivity contribution in [1.82, 2.24) is 44.7 Å². The predicted molar refractivity (Wildman–Crippen MR) is 202 cm³/mol. The molecular formula is C39H36F3N9O6. The summed E-state index contributed by atoms with van der Waals surface area (Å²) >= 11 is 0. The van der Waals surface area contributed by atoms with Gasteiger partial charge in [0.15, 0.2) is 17.5 Å². The summed E-state index contributed by atoms with van der Waals surface area (Å²) in [6, 6.07) is 18.2. The SMILES string of the molecule is C#CC(=O)OCC.CCOC(=O)/C=C/n1cnc(-c2cccc(F)c2)n1.CCOC(=O)/C=C\n1cnc(-c2cccc(F)c2)n1.Fc1cccc(-c2ncn[nH]2)c1. The van der Waals surface area contributed by atoms with Crippen molar-refractivity contribution in [3.8, 4) is 46.5 Å². The van der Waals surface area contributed by atoms with Gasteiger partial charge in [-0.2, -0.15) is 5.10 Å². The fourth-order valence-corrected chi connectivity index (χ4v) is 4.02. The summed E-state index contributed by atoms with van der Waals surface area (Å²) in [5.74, 6) is 0.670. The van der Waals surface area contributed by atoms with Gasteiger partial charge in [-0.25, -0.2) is 51.9 Å². The van der Waals surface area contributed by atoms with Gasteiger partial charge in [-0.05, 0) is 57.2 Å². The topological polar surface area (TPSA) is 182 Å².